The highest BCUT2D eigenvalue weighted by molar-refractivity contribution is 5.84. The molecular formula is C16H13NO. The Kier molecular flexibility index (Phi) is 2.79. The number of fused-ring (bicyclic) bond motifs is 1. The second-order valence-corrected chi connectivity index (χ2v) is 4.20. The first-order valence-corrected chi connectivity index (χ1v) is 5.93. The summed E-state index contributed by atoms with van der Waals surface area (Å²) < 4.78 is 0. The molecule has 0 amide bonds. The summed E-state index contributed by atoms with van der Waals surface area (Å²) in [5.41, 5.74) is 3.72. The van der Waals surface area contributed by atoms with Crippen molar-refractivity contribution in [3.8, 4) is 11.1 Å². The average Bonchev–Trinajstić information content (AvgIpc) is 2.46. The summed E-state index contributed by atoms with van der Waals surface area (Å²) in [6, 6.07) is 20.1. The molecule has 0 fully saturated rings. The number of aromatic nitrogens is 1. The lowest BCUT2D eigenvalue weighted by Gasteiger charge is -2.09. The second-order valence-electron chi connectivity index (χ2n) is 4.20. The van der Waals surface area contributed by atoms with E-state index in [-0.39, 0.29) is 6.61 Å². The van der Waals surface area contributed by atoms with Gasteiger partial charge < -0.3 is 5.11 Å². The molecule has 3 rings (SSSR count). The third-order valence-corrected chi connectivity index (χ3v) is 3.04. The Bertz CT molecular complexity index is 677. The van der Waals surface area contributed by atoms with E-state index in [0.717, 1.165) is 27.7 Å². The van der Waals surface area contributed by atoms with Crippen molar-refractivity contribution in [2.45, 2.75) is 6.61 Å². The minimum atomic E-state index is -0.0466. The lowest BCUT2D eigenvalue weighted by Crippen LogP contribution is -1.95. The number of benzene rings is 2. The quantitative estimate of drug-likeness (QED) is 0.738. The standard InChI is InChI=1S/C16H13NO/c18-11-16-14(12-6-2-1-3-7-12)10-13-8-4-5-9-15(13)17-16/h1-10,18H,11H2. The first-order chi connectivity index (χ1) is 8.88. The summed E-state index contributed by atoms with van der Waals surface area (Å²) in [6.07, 6.45) is 0. The number of pyridine rings is 1. The summed E-state index contributed by atoms with van der Waals surface area (Å²) in [5, 5.41) is 10.6. The predicted molar refractivity (Wildman–Crippen MR) is 73.1 cm³/mol. The lowest BCUT2D eigenvalue weighted by atomic mass is 10.0. The molecule has 0 saturated carbocycles. The molecular weight excluding hydrogens is 222 g/mol. The van der Waals surface area contributed by atoms with Crippen LogP contribution in [0.2, 0.25) is 0 Å². The number of aliphatic hydroxyl groups is 1. The van der Waals surface area contributed by atoms with Gasteiger partial charge in [-0.05, 0) is 17.7 Å². The Morgan fingerprint density at radius 3 is 2.39 bits per heavy atom. The zero-order valence-corrected chi connectivity index (χ0v) is 9.88. The molecule has 0 spiro atoms. The van der Waals surface area contributed by atoms with E-state index in [1.165, 1.54) is 0 Å². The first kappa shape index (κ1) is 10.9. The molecule has 0 aliphatic carbocycles. The third-order valence-electron chi connectivity index (χ3n) is 3.04. The van der Waals surface area contributed by atoms with Gasteiger partial charge in [0.15, 0.2) is 0 Å². The van der Waals surface area contributed by atoms with E-state index in [0.29, 0.717) is 0 Å². The van der Waals surface area contributed by atoms with Crippen LogP contribution in [0.3, 0.4) is 0 Å². The summed E-state index contributed by atoms with van der Waals surface area (Å²) in [4.78, 5) is 4.52. The average molecular weight is 235 g/mol. The summed E-state index contributed by atoms with van der Waals surface area (Å²) >= 11 is 0. The molecule has 0 aliphatic heterocycles. The second kappa shape index (κ2) is 4.59. The van der Waals surface area contributed by atoms with Gasteiger partial charge in [0.2, 0.25) is 0 Å². The van der Waals surface area contributed by atoms with Gasteiger partial charge in [0.05, 0.1) is 17.8 Å². The maximum atomic E-state index is 9.48. The molecule has 2 aromatic carbocycles. The number of aliphatic hydroxyl groups excluding tert-OH is 1. The van der Waals surface area contributed by atoms with E-state index in [1.54, 1.807) is 0 Å². The number of hydrogen-bond acceptors (Lipinski definition) is 2. The van der Waals surface area contributed by atoms with Crippen molar-refractivity contribution in [1.82, 2.24) is 4.98 Å². The Balaban J connectivity index is 2.27. The SMILES string of the molecule is OCc1nc2ccccc2cc1-c1ccccc1. The molecule has 0 unspecified atom stereocenters. The van der Waals surface area contributed by atoms with Gasteiger partial charge in [-0.2, -0.15) is 0 Å². The van der Waals surface area contributed by atoms with E-state index in [1.807, 2.05) is 54.6 Å². The predicted octanol–water partition coefficient (Wildman–Crippen LogP) is 3.39. The van der Waals surface area contributed by atoms with Crippen LogP contribution in [-0.4, -0.2) is 10.1 Å². The van der Waals surface area contributed by atoms with Crippen molar-refractivity contribution in [2.24, 2.45) is 0 Å². The van der Waals surface area contributed by atoms with Gasteiger partial charge in [-0.25, -0.2) is 4.98 Å². The number of rotatable bonds is 2. The molecule has 0 bridgehead atoms. The molecule has 18 heavy (non-hydrogen) atoms. The van der Waals surface area contributed by atoms with Crippen LogP contribution in [0, 0.1) is 0 Å². The maximum absolute atomic E-state index is 9.48. The molecule has 0 radical (unpaired) electrons. The van der Waals surface area contributed by atoms with Crippen LogP contribution in [0.15, 0.2) is 60.7 Å². The maximum Gasteiger partial charge on any atom is 0.0859 e. The number of nitrogens with zero attached hydrogens (tertiary/aromatic N) is 1. The molecule has 1 heterocycles. The van der Waals surface area contributed by atoms with Crippen molar-refractivity contribution >= 4 is 10.9 Å². The van der Waals surface area contributed by atoms with Crippen LogP contribution < -0.4 is 0 Å². The highest BCUT2D eigenvalue weighted by atomic mass is 16.3. The van der Waals surface area contributed by atoms with Crippen molar-refractivity contribution in [3.05, 3.63) is 66.4 Å². The van der Waals surface area contributed by atoms with Crippen LogP contribution in [-0.2, 0) is 6.61 Å². The monoisotopic (exact) mass is 235 g/mol. The smallest absolute Gasteiger partial charge is 0.0859 e. The number of hydrogen-bond donors (Lipinski definition) is 1. The minimum absolute atomic E-state index is 0.0466. The zero-order chi connectivity index (χ0) is 12.4. The highest BCUT2D eigenvalue weighted by Gasteiger charge is 2.07. The molecule has 0 atom stereocenters. The van der Waals surface area contributed by atoms with Crippen LogP contribution in [0.5, 0.6) is 0 Å². The van der Waals surface area contributed by atoms with Gasteiger partial charge in [0, 0.05) is 10.9 Å². The molecule has 0 saturated heterocycles. The van der Waals surface area contributed by atoms with E-state index in [4.69, 9.17) is 0 Å². The molecule has 3 aromatic rings. The third kappa shape index (κ3) is 1.87. The van der Waals surface area contributed by atoms with Crippen molar-refractivity contribution in [1.29, 1.82) is 0 Å². The Morgan fingerprint density at radius 1 is 0.889 bits per heavy atom. The van der Waals surface area contributed by atoms with Gasteiger partial charge in [-0.15, -0.1) is 0 Å². The Labute approximate surface area is 106 Å². The summed E-state index contributed by atoms with van der Waals surface area (Å²) in [6.45, 7) is -0.0466. The Hall–Kier alpha value is -2.19. The normalized spacial score (nSPS) is 10.7. The van der Waals surface area contributed by atoms with Crippen molar-refractivity contribution < 1.29 is 5.11 Å². The Morgan fingerprint density at radius 2 is 1.61 bits per heavy atom. The fourth-order valence-electron chi connectivity index (χ4n) is 2.14. The zero-order valence-electron chi connectivity index (χ0n) is 9.88. The van der Waals surface area contributed by atoms with Crippen LogP contribution in [0.25, 0.3) is 22.0 Å². The van der Waals surface area contributed by atoms with Crippen molar-refractivity contribution in [2.75, 3.05) is 0 Å². The highest BCUT2D eigenvalue weighted by Crippen LogP contribution is 2.26. The lowest BCUT2D eigenvalue weighted by molar-refractivity contribution is 0.278. The van der Waals surface area contributed by atoms with Crippen molar-refractivity contribution in [3.63, 3.8) is 0 Å². The molecule has 2 heteroatoms. The van der Waals surface area contributed by atoms with Gasteiger partial charge in [-0.3, -0.25) is 0 Å². The fourth-order valence-corrected chi connectivity index (χ4v) is 2.14. The van der Waals surface area contributed by atoms with Crippen LogP contribution in [0.4, 0.5) is 0 Å². The molecule has 2 nitrogen and oxygen atoms in total. The molecule has 88 valence electrons. The van der Waals surface area contributed by atoms with E-state index in [2.05, 4.69) is 11.1 Å². The largest absolute Gasteiger partial charge is 0.390 e. The van der Waals surface area contributed by atoms with Gasteiger partial charge in [0.1, 0.15) is 0 Å². The van der Waals surface area contributed by atoms with E-state index < -0.39 is 0 Å². The fraction of sp³-hybridized carbons (Fsp3) is 0.0625. The minimum Gasteiger partial charge on any atom is -0.390 e. The van der Waals surface area contributed by atoms with Crippen LogP contribution in [0.1, 0.15) is 5.69 Å². The summed E-state index contributed by atoms with van der Waals surface area (Å²) in [7, 11) is 0. The molecule has 0 aliphatic rings. The first-order valence-electron chi connectivity index (χ1n) is 5.93. The van der Waals surface area contributed by atoms with Gasteiger partial charge in [0.25, 0.3) is 0 Å². The van der Waals surface area contributed by atoms with Crippen LogP contribution >= 0.6 is 0 Å². The molecule has 1 N–H and O–H groups in total. The summed E-state index contributed by atoms with van der Waals surface area (Å²) in [5.74, 6) is 0. The number of para-hydroxylation sites is 1. The van der Waals surface area contributed by atoms with E-state index in [9.17, 15) is 5.11 Å². The van der Waals surface area contributed by atoms with Gasteiger partial charge in [-0.1, -0.05) is 48.5 Å². The molecule has 1 aromatic heterocycles. The van der Waals surface area contributed by atoms with Gasteiger partial charge >= 0.3 is 0 Å². The topological polar surface area (TPSA) is 33.1 Å². The van der Waals surface area contributed by atoms with E-state index >= 15 is 0 Å².